The van der Waals surface area contributed by atoms with Crippen LogP contribution in [-0.2, 0) is 19.1 Å². The number of aryl methyl sites for hydroxylation is 1. The zero-order chi connectivity index (χ0) is 21.8. The summed E-state index contributed by atoms with van der Waals surface area (Å²) in [6.45, 7) is 3.13. The van der Waals surface area contributed by atoms with E-state index in [0.29, 0.717) is 28.5 Å². The third kappa shape index (κ3) is 4.56. The summed E-state index contributed by atoms with van der Waals surface area (Å²) in [5, 5.41) is 0. The molecule has 1 saturated heterocycles. The molecular weight excluding hydrogens is 408 g/mol. The van der Waals surface area contributed by atoms with E-state index in [-0.39, 0.29) is 24.8 Å². The van der Waals surface area contributed by atoms with E-state index in [2.05, 4.69) is 0 Å². The van der Waals surface area contributed by atoms with Crippen molar-refractivity contribution in [3.05, 3.63) is 52.8 Å². The second-order valence-corrected chi connectivity index (χ2v) is 7.77. The largest absolute Gasteiger partial charge is 0.465 e. The SMILES string of the molecule is COC(=O)c1ccc(-n2c(C)cc(C(=O)COC(=O)CN3CSCC3=O)c2C)cc1. The first-order valence-electron chi connectivity index (χ1n) is 9.24. The van der Waals surface area contributed by atoms with Gasteiger partial charge in [-0.1, -0.05) is 0 Å². The van der Waals surface area contributed by atoms with Gasteiger partial charge in [0.15, 0.2) is 6.61 Å². The van der Waals surface area contributed by atoms with Crippen LogP contribution in [0.5, 0.6) is 0 Å². The van der Waals surface area contributed by atoms with Gasteiger partial charge in [-0.15, -0.1) is 11.8 Å². The van der Waals surface area contributed by atoms with Crippen LogP contribution in [0.15, 0.2) is 30.3 Å². The van der Waals surface area contributed by atoms with Gasteiger partial charge in [-0.3, -0.25) is 14.4 Å². The number of aromatic nitrogens is 1. The molecule has 0 bridgehead atoms. The van der Waals surface area contributed by atoms with Crippen LogP contribution in [0.2, 0.25) is 0 Å². The van der Waals surface area contributed by atoms with Gasteiger partial charge in [0.25, 0.3) is 0 Å². The van der Waals surface area contributed by atoms with Crippen LogP contribution in [0.3, 0.4) is 0 Å². The van der Waals surface area contributed by atoms with E-state index in [1.165, 1.54) is 23.8 Å². The Hall–Kier alpha value is -3.07. The first kappa shape index (κ1) is 21.6. The Morgan fingerprint density at radius 2 is 1.83 bits per heavy atom. The first-order valence-corrected chi connectivity index (χ1v) is 10.4. The number of nitrogens with zero attached hydrogens (tertiary/aromatic N) is 2. The van der Waals surface area contributed by atoms with Crippen molar-refractivity contribution in [3.63, 3.8) is 0 Å². The van der Waals surface area contributed by atoms with Crippen LogP contribution in [-0.4, -0.2) is 65.0 Å². The van der Waals surface area contributed by atoms with E-state index in [1.54, 1.807) is 37.3 Å². The number of hydrogen-bond donors (Lipinski definition) is 0. The van der Waals surface area contributed by atoms with Crippen molar-refractivity contribution in [2.45, 2.75) is 13.8 Å². The van der Waals surface area contributed by atoms with E-state index < -0.39 is 11.9 Å². The fourth-order valence-corrected chi connectivity index (χ4v) is 4.18. The molecule has 9 heteroatoms. The lowest BCUT2D eigenvalue weighted by Gasteiger charge is -2.13. The molecule has 0 atom stereocenters. The predicted molar refractivity (Wildman–Crippen MR) is 111 cm³/mol. The van der Waals surface area contributed by atoms with Gasteiger partial charge in [0.1, 0.15) is 6.54 Å². The Labute approximate surface area is 178 Å². The second-order valence-electron chi connectivity index (χ2n) is 6.81. The minimum atomic E-state index is -0.605. The van der Waals surface area contributed by atoms with Crippen LogP contribution in [0, 0.1) is 13.8 Å². The number of Topliss-reactive ketones (excluding diaryl/α,β-unsaturated/α-hetero) is 1. The smallest absolute Gasteiger partial charge is 0.337 e. The van der Waals surface area contributed by atoms with Crippen LogP contribution in [0.25, 0.3) is 5.69 Å². The average molecular weight is 430 g/mol. The van der Waals surface area contributed by atoms with Crippen molar-refractivity contribution < 1.29 is 28.7 Å². The van der Waals surface area contributed by atoms with Gasteiger partial charge in [-0.05, 0) is 44.2 Å². The molecule has 0 aliphatic carbocycles. The van der Waals surface area contributed by atoms with Crippen molar-refractivity contribution in [1.29, 1.82) is 0 Å². The molecule has 1 aromatic heterocycles. The quantitative estimate of drug-likeness (QED) is 0.491. The normalized spacial score (nSPS) is 13.4. The molecule has 0 unspecified atom stereocenters. The highest BCUT2D eigenvalue weighted by Crippen LogP contribution is 2.22. The molecule has 1 aromatic carbocycles. The molecule has 0 radical (unpaired) electrons. The lowest BCUT2D eigenvalue weighted by atomic mass is 10.1. The highest BCUT2D eigenvalue weighted by molar-refractivity contribution is 8.00. The zero-order valence-electron chi connectivity index (χ0n) is 17.0. The molecule has 1 aliphatic heterocycles. The summed E-state index contributed by atoms with van der Waals surface area (Å²) in [6.07, 6.45) is 0. The standard InChI is InChI=1S/C21H22N2O6S/c1-13-8-17(18(24)10-29-20(26)9-22-12-30-11-19(22)25)14(2)23(13)16-6-4-15(5-7-16)21(27)28-3/h4-8H,9-12H2,1-3H3. The second kappa shape index (κ2) is 9.17. The lowest BCUT2D eigenvalue weighted by Crippen LogP contribution is -2.33. The Kier molecular flexibility index (Phi) is 6.61. The third-order valence-electron chi connectivity index (χ3n) is 4.79. The van der Waals surface area contributed by atoms with Gasteiger partial charge in [0.2, 0.25) is 11.7 Å². The minimum absolute atomic E-state index is 0.106. The van der Waals surface area contributed by atoms with Crippen molar-refractivity contribution in [2.75, 3.05) is 31.9 Å². The van der Waals surface area contributed by atoms with E-state index in [0.717, 1.165) is 11.4 Å². The van der Waals surface area contributed by atoms with Crippen LogP contribution >= 0.6 is 11.8 Å². The summed E-state index contributed by atoms with van der Waals surface area (Å²) in [5.74, 6) is -0.641. The van der Waals surface area contributed by atoms with Crippen LogP contribution in [0.4, 0.5) is 0 Å². The molecular formula is C21H22N2O6S. The number of amides is 1. The van der Waals surface area contributed by atoms with E-state index in [9.17, 15) is 19.2 Å². The summed E-state index contributed by atoms with van der Waals surface area (Å²) in [6, 6.07) is 8.58. The van der Waals surface area contributed by atoms with Gasteiger partial charge < -0.3 is 18.9 Å². The Morgan fingerprint density at radius 3 is 2.43 bits per heavy atom. The van der Waals surface area contributed by atoms with E-state index in [1.807, 2.05) is 11.5 Å². The third-order valence-corrected chi connectivity index (χ3v) is 5.73. The Bertz CT molecular complexity index is 996. The summed E-state index contributed by atoms with van der Waals surface area (Å²) in [7, 11) is 1.32. The molecule has 0 spiro atoms. The molecule has 30 heavy (non-hydrogen) atoms. The Balaban J connectivity index is 1.68. The summed E-state index contributed by atoms with van der Waals surface area (Å²) < 4.78 is 11.7. The molecule has 0 saturated carbocycles. The lowest BCUT2D eigenvalue weighted by molar-refractivity contribution is -0.146. The van der Waals surface area contributed by atoms with Gasteiger partial charge in [0, 0.05) is 22.6 Å². The molecule has 1 fully saturated rings. The number of carbonyl (C=O) groups is 4. The fourth-order valence-electron chi connectivity index (χ4n) is 3.27. The number of ketones is 1. The summed E-state index contributed by atoms with van der Waals surface area (Å²) >= 11 is 1.43. The number of ether oxygens (including phenoxy) is 2. The molecule has 158 valence electrons. The van der Waals surface area contributed by atoms with Gasteiger partial charge >= 0.3 is 11.9 Å². The summed E-state index contributed by atoms with van der Waals surface area (Å²) in [4.78, 5) is 49.1. The molecule has 1 amide bonds. The number of benzene rings is 1. The number of methoxy groups -OCH3 is 1. The molecule has 8 nitrogen and oxygen atoms in total. The van der Waals surface area contributed by atoms with Crippen molar-refractivity contribution in [2.24, 2.45) is 0 Å². The molecule has 3 rings (SSSR count). The summed E-state index contributed by atoms with van der Waals surface area (Å²) in [5.41, 5.74) is 3.20. The van der Waals surface area contributed by atoms with Gasteiger partial charge in [-0.2, -0.15) is 0 Å². The maximum atomic E-state index is 12.6. The van der Waals surface area contributed by atoms with Crippen LogP contribution < -0.4 is 0 Å². The molecule has 2 aromatic rings. The topological polar surface area (TPSA) is 94.9 Å². The van der Waals surface area contributed by atoms with E-state index in [4.69, 9.17) is 9.47 Å². The average Bonchev–Trinajstić information content (AvgIpc) is 3.27. The maximum Gasteiger partial charge on any atom is 0.337 e. The van der Waals surface area contributed by atoms with Crippen molar-refractivity contribution in [1.82, 2.24) is 9.47 Å². The fraction of sp³-hybridized carbons (Fsp3) is 0.333. The van der Waals surface area contributed by atoms with E-state index >= 15 is 0 Å². The molecule has 1 aliphatic rings. The highest BCUT2D eigenvalue weighted by atomic mass is 32.2. The molecule has 2 heterocycles. The number of esters is 2. The highest BCUT2D eigenvalue weighted by Gasteiger charge is 2.24. The van der Waals surface area contributed by atoms with Crippen molar-refractivity contribution in [3.8, 4) is 5.69 Å². The first-order chi connectivity index (χ1) is 14.3. The minimum Gasteiger partial charge on any atom is -0.465 e. The monoisotopic (exact) mass is 430 g/mol. The number of thioether (sulfide) groups is 1. The predicted octanol–water partition coefficient (Wildman–Crippen LogP) is 2.14. The van der Waals surface area contributed by atoms with Gasteiger partial charge in [-0.25, -0.2) is 4.79 Å². The number of carbonyl (C=O) groups excluding carboxylic acids is 4. The number of hydrogen-bond acceptors (Lipinski definition) is 7. The van der Waals surface area contributed by atoms with Gasteiger partial charge in [0.05, 0.1) is 24.3 Å². The Morgan fingerprint density at radius 1 is 1.13 bits per heavy atom. The van der Waals surface area contributed by atoms with Crippen molar-refractivity contribution >= 4 is 35.4 Å². The number of rotatable bonds is 7. The maximum absolute atomic E-state index is 12.6. The molecule has 0 N–H and O–H groups in total. The van der Waals surface area contributed by atoms with Crippen LogP contribution in [0.1, 0.15) is 32.1 Å². The zero-order valence-corrected chi connectivity index (χ0v) is 17.8.